The van der Waals surface area contributed by atoms with Gasteiger partial charge >= 0.3 is 0 Å². The van der Waals surface area contributed by atoms with E-state index in [1.54, 1.807) is 0 Å². The van der Waals surface area contributed by atoms with Crippen molar-refractivity contribution in [3.63, 3.8) is 0 Å². The van der Waals surface area contributed by atoms with Crippen molar-refractivity contribution < 1.29 is 0 Å². The molecule has 0 aliphatic carbocycles. The van der Waals surface area contributed by atoms with Crippen LogP contribution in [0.5, 0.6) is 0 Å². The third-order valence-electron chi connectivity index (χ3n) is 3.14. The van der Waals surface area contributed by atoms with Crippen LogP contribution in [0.15, 0.2) is 18.2 Å². The van der Waals surface area contributed by atoms with Gasteiger partial charge in [0, 0.05) is 13.0 Å². The van der Waals surface area contributed by atoms with Crippen LogP contribution >= 0.6 is 12.2 Å². The molecule has 3 nitrogen and oxygen atoms in total. The van der Waals surface area contributed by atoms with E-state index in [1.165, 1.54) is 16.7 Å². The van der Waals surface area contributed by atoms with Crippen molar-refractivity contribution in [1.82, 2.24) is 14.8 Å². The minimum atomic E-state index is 0.720. The van der Waals surface area contributed by atoms with Gasteiger partial charge in [-0.2, -0.15) is 5.10 Å². The molecular weight excluding hydrogens is 242 g/mol. The Labute approximate surface area is 113 Å². The molecule has 1 aromatic carbocycles. The van der Waals surface area contributed by atoms with Gasteiger partial charge in [0.05, 0.1) is 0 Å². The summed E-state index contributed by atoms with van der Waals surface area (Å²) in [4.78, 5) is 0. The lowest BCUT2D eigenvalue weighted by Gasteiger charge is -2.08. The molecule has 0 saturated heterocycles. The standard InChI is InChI=1S/C14H19N3S/c1-4-7-17-13(15-16-14(17)18)9-12-8-10(2)5-6-11(12)3/h5-6,8H,4,7,9H2,1-3H3,(H,16,18). The summed E-state index contributed by atoms with van der Waals surface area (Å²) in [6.45, 7) is 7.33. The molecule has 0 amide bonds. The molecule has 0 aliphatic heterocycles. The number of aryl methyl sites for hydroxylation is 2. The van der Waals surface area contributed by atoms with Crippen molar-refractivity contribution in [2.75, 3.05) is 0 Å². The normalized spacial score (nSPS) is 10.8. The summed E-state index contributed by atoms with van der Waals surface area (Å²) >= 11 is 5.26. The maximum Gasteiger partial charge on any atom is 0.195 e. The second-order valence-electron chi connectivity index (χ2n) is 4.70. The van der Waals surface area contributed by atoms with Gasteiger partial charge in [-0.1, -0.05) is 30.7 Å². The van der Waals surface area contributed by atoms with Gasteiger partial charge in [0.2, 0.25) is 0 Å². The number of hydrogen-bond acceptors (Lipinski definition) is 2. The van der Waals surface area contributed by atoms with Crippen LogP contribution < -0.4 is 0 Å². The fourth-order valence-electron chi connectivity index (χ4n) is 2.10. The van der Waals surface area contributed by atoms with Crippen LogP contribution in [0.4, 0.5) is 0 Å². The summed E-state index contributed by atoms with van der Waals surface area (Å²) in [5.74, 6) is 1.02. The molecule has 0 bridgehead atoms. The minimum absolute atomic E-state index is 0.720. The van der Waals surface area contributed by atoms with Crippen molar-refractivity contribution >= 4 is 12.2 Å². The molecule has 0 aliphatic rings. The first-order chi connectivity index (χ1) is 8.61. The molecule has 0 fully saturated rings. The summed E-state index contributed by atoms with van der Waals surface area (Å²) in [5.41, 5.74) is 3.91. The largest absolute Gasteiger partial charge is 0.304 e. The Balaban J connectivity index is 2.34. The number of aromatic nitrogens is 3. The van der Waals surface area contributed by atoms with E-state index in [-0.39, 0.29) is 0 Å². The Bertz CT molecular complexity index is 595. The second kappa shape index (κ2) is 5.48. The van der Waals surface area contributed by atoms with Crippen LogP contribution in [0.25, 0.3) is 0 Å². The highest BCUT2D eigenvalue weighted by Crippen LogP contribution is 2.15. The third kappa shape index (κ3) is 2.70. The highest BCUT2D eigenvalue weighted by atomic mass is 32.1. The van der Waals surface area contributed by atoms with Gasteiger partial charge in [-0.05, 0) is 43.6 Å². The number of rotatable bonds is 4. The number of H-pyrrole nitrogens is 1. The summed E-state index contributed by atoms with van der Waals surface area (Å²) in [6.07, 6.45) is 1.90. The van der Waals surface area contributed by atoms with Crippen LogP contribution in [0.3, 0.4) is 0 Å². The van der Waals surface area contributed by atoms with Gasteiger partial charge in [-0.25, -0.2) is 0 Å². The maximum absolute atomic E-state index is 5.26. The van der Waals surface area contributed by atoms with Crippen LogP contribution in [-0.2, 0) is 13.0 Å². The first-order valence-corrected chi connectivity index (χ1v) is 6.73. The first-order valence-electron chi connectivity index (χ1n) is 6.32. The minimum Gasteiger partial charge on any atom is -0.304 e. The lowest BCUT2D eigenvalue weighted by atomic mass is 10.0. The van der Waals surface area contributed by atoms with E-state index in [4.69, 9.17) is 12.2 Å². The van der Waals surface area contributed by atoms with Crippen LogP contribution in [0.2, 0.25) is 0 Å². The molecule has 2 rings (SSSR count). The fourth-order valence-corrected chi connectivity index (χ4v) is 2.34. The fraction of sp³-hybridized carbons (Fsp3) is 0.429. The van der Waals surface area contributed by atoms with E-state index >= 15 is 0 Å². The van der Waals surface area contributed by atoms with Crippen molar-refractivity contribution in [2.24, 2.45) is 0 Å². The lowest BCUT2D eigenvalue weighted by Crippen LogP contribution is -2.05. The van der Waals surface area contributed by atoms with Crippen LogP contribution in [0, 0.1) is 18.6 Å². The van der Waals surface area contributed by atoms with Crippen molar-refractivity contribution in [2.45, 2.75) is 40.2 Å². The molecule has 1 aromatic heterocycles. The van der Waals surface area contributed by atoms with Crippen LogP contribution in [-0.4, -0.2) is 14.8 Å². The zero-order chi connectivity index (χ0) is 13.1. The van der Waals surface area contributed by atoms with E-state index in [9.17, 15) is 0 Å². The predicted molar refractivity (Wildman–Crippen MR) is 76.4 cm³/mol. The summed E-state index contributed by atoms with van der Waals surface area (Å²) < 4.78 is 2.81. The number of nitrogens with zero attached hydrogens (tertiary/aromatic N) is 2. The van der Waals surface area contributed by atoms with Crippen molar-refractivity contribution in [3.05, 3.63) is 45.5 Å². The molecule has 0 radical (unpaired) electrons. The average Bonchev–Trinajstić information content (AvgIpc) is 2.67. The van der Waals surface area contributed by atoms with E-state index in [2.05, 4.69) is 53.7 Å². The van der Waals surface area contributed by atoms with Crippen LogP contribution in [0.1, 0.15) is 35.9 Å². The molecule has 18 heavy (non-hydrogen) atoms. The molecule has 0 saturated carbocycles. The molecule has 2 aromatic rings. The Morgan fingerprint density at radius 3 is 2.83 bits per heavy atom. The highest BCUT2D eigenvalue weighted by molar-refractivity contribution is 7.71. The van der Waals surface area contributed by atoms with Gasteiger partial charge < -0.3 is 4.57 Å². The van der Waals surface area contributed by atoms with Gasteiger partial charge in [0.15, 0.2) is 4.77 Å². The Hall–Kier alpha value is -1.42. The average molecular weight is 261 g/mol. The SMILES string of the molecule is CCCn1c(Cc2cc(C)ccc2C)n[nH]c1=S. The second-order valence-corrected chi connectivity index (χ2v) is 5.09. The molecule has 0 unspecified atom stereocenters. The van der Waals surface area contributed by atoms with E-state index in [0.717, 1.165) is 30.0 Å². The molecular formula is C14H19N3S. The van der Waals surface area contributed by atoms with Gasteiger partial charge in [-0.3, -0.25) is 5.10 Å². The first kappa shape index (κ1) is 13.0. The lowest BCUT2D eigenvalue weighted by molar-refractivity contribution is 0.639. The van der Waals surface area contributed by atoms with E-state index in [0.29, 0.717) is 0 Å². The van der Waals surface area contributed by atoms with Gasteiger partial charge in [0.1, 0.15) is 5.82 Å². The number of hydrogen-bond donors (Lipinski definition) is 1. The smallest absolute Gasteiger partial charge is 0.195 e. The van der Waals surface area contributed by atoms with E-state index in [1.807, 2.05) is 0 Å². The number of benzene rings is 1. The number of aromatic amines is 1. The third-order valence-corrected chi connectivity index (χ3v) is 3.45. The quantitative estimate of drug-likeness (QED) is 0.854. The highest BCUT2D eigenvalue weighted by Gasteiger charge is 2.08. The Kier molecular flexibility index (Phi) is 3.97. The van der Waals surface area contributed by atoms with Gasteiger partial charge in [-0.15, -0.1) is 0 Å². The zero-order valence-electron chi connectivity index (χ0n) is 11.2. The van der Waals surface area contributed by atoms with Crippen molar-refractivity contribution in [3.8, 4) is 0 Å². The monoisotopic (exact) mass is 261 g/mol. The molecule has 1 N–H and O–H groups in total. The molecule has 0 atom stereocenters. The van der Waals surface area contributed by atoms with Crippen molar-refractivity contribution in [1.29, 1.82) is 0 Å². The molecule has 96 valence electrons. The van der Waals surface area contributed by atoms with Gasteiger partial charge in [0.25, 0.3) is 0 Å². The predicted octanol–water partition coefficient (Wildman–Crippen LogP) is 3.56. The topological polar surface area (TPSA) is 33.6 Å². The summed E-state index contributed by atoms with van der Waals surface area (Å²) in [5, 5.41) is 7.24. The van der Waals surface area contributed by atoms with E-state index < -0.39 is 0 Å². The Morgan fingerprint density at radius 1 is 1.33 bits per heavy atom. The zero-order valence-corrected chi connectivity index (χ0v) is 12.0. The molecule has 0 spiro atoms. The molecule has 4 heteroatoms. The Morgan fingerprint density at radius 2 is 2.11 bits per heavy atom. The maximum atomic E-state index is 5.26. The summed E-state index contributed by atoms with van der Waals surface area (Å²) in [7, 11) is 0. The summed E-state index contributed by atoms with van der Waals surface area (Å²) in [6, 6.07) is 6.53. The molecule has 1 heterocycles. The number of nitrogens with one attached hydrogen (secondary N) is 1.